The third kappa shape index (κ3) is 12.1. The van der Waals surface area contributed by atoms with Crippen molar-refractivity contribution in [2.24, 2.45) is 11.7 Å². The first-order chi connectivity index (χ1) is 24.2. The van der Waals surface area contributed by atoms with E-state index in [0.29, 0.717) is 43.7 Å². The number of fused-ring (bicyclic) bond motifs is 3. The Hall–Kier alpha value is -5.08. The predicted molar refractivity (Wildman–Crippen MR) is 185 cm³/mol. The normalized spacial score (nSPS) is 22.0. The quantitative estimate of drug-likeness (QED) is 0.199. The minimum absolute atomic E-state index is 0.0398. The summed E-state index contributed by atoms with van der Waals surface area (Å²) in [5.74, 6) is -3.11. The number of piperidine rings is 1. The summed E-state index contributed by atoms with van der Waals surface area (Å²) in [7, 11) is 0. The van der Waals surface area contributed by atoms with Crippen LogP contribution in [0.4, 0.5) is 0 Å². The van der Waals surface area contributed by atoms with Gasteiger partial charge in [0.05, 0.1) is 25.6 Å². The Morgan fingerprint density at radius 3 is 2.42 bits per heavy atom. The highest BCUT2D eigenvalue weighted by molar-refractivity contribution is 5.97. The van der Waals surface area contributed by atoms with E-state index in [1.165, 1.54) is 4.90 Å². The summed E-state index contributed by atoms with van der Waals surface area (Å²) >= 11 is 0. The van der Waals surface area contributed by atoms with Crippen molar-refractivity contribution in [2.75, 3.05) is 45.9 Å². The fourth-order valence-corrected chi connectivity index (χ4v) is 5.84. The molecule has 0 unspecified atom stereocenters. The predicted octanol–water partition coefficient (Wildman–Crippen LogP) is -0.536. The van der Waals surface area contributed by atoms with Gasteiger partial charge in [-0.1, -0.05) is 54.6 Å². The highest BCUT2D eigenvalue weighted by Crippen LogP contribution is 2.18. The third-order valence-electron chi connectivity index (χ3n) is 8.51. The SMILES string of the molecule is NCCOCCNC(=O)[C@@H]1CCNC(=O)/C=C/C(=O)N2CCC[C@H](C2)C(=O)N[C@@H](Cc2ccccc2)C(=O)NCc2ccccc2CC(=O)N1. The summed E-state index contributed by atoms with van der Waals surface area (Å²) < 4.78 is 5.31. The molecular formula is C36H47N7O7. The first-order valence-corrected chi connectivity index (χ1v) is 17.0. The topological polar surface area (TPSA) is 201 Å². The van der Waals surface area contributed by atoms with Crippen molar-refractivity contribution in [3.05, 3.63) is 83.4 Å². The highest BCUT2D eigenvalue weighted by Gasteiger charge is 2.31. The van der Waals surface area contributed by atoms with E-state index in [9.17, 15) is 28.8 Å². The number of nitrogens with two attached hydrogens (primary N) is 1. The maximum absolute atomic E-state index is 13.6. The van der Waals surface area contributed by atoms with Crippen LogP contribution in [0.3, 0.4) is 0 Å². The standard InChI is InChI=1S/C36H47N7O7/c37-15-19-50-20-17-39-35(48)29-14-16-38-31(44)12-13-33(46)43-18-6-11-28(24-43)34(47)42-30(21-25-7-2-1-3-8-25)36(49)40-23-27-10-5-4-9-26(27)22-32(45)41-29/h1-5,7-10,12-13,28-30H,6,11,14-24,37H2,(H,38,44)(H,39,48)(H,40,49)(H,41,45)(H,42,47)/b13-12+/t28-,29+,30+/m1/s1. The van der Waals surface area contributed by atoms with Gasteiger partial charge < -0.3 is 42.0 Å². The van der Waals surface area contributed by atoms with E-state index < -0.39 is 47.5 Å². The maximum Gasteiger partial charge on any atom is 0.246 e. The zero-order chi connectivity index (χ0) is 35.7. The average molecular weight is 690 g/mol. The zero-order valence-electron chi connectivity index (χ0n) is 28.2. The van der Waals surface area contributed by atoms with Gasteiger partial charge in [-0.3, -0.25) is 28.8 Å². The summed E-state index contributed by atoms with van der Waals surface area (Å²) in [6.45, 7) is 1.85. The molecule has 14 nitrogen and oxygen atoms in total. The Kier molecular flexibility index (Phi) is 14.9. The van der Waals surface area contributed by atoms with Crippen LogP contribution in [0.25, 0.3) is 0 Å². The molecule has 1 fully saturated rings. The number of hydrogen-bond acceptors (Lipinski definition) is 8. The lowest BCUT2D eigenvalue weighted by molar-refractivity contribution is -0.135. The van der Waals surface area contributed by atoms with Crippen molar-refractivity contribution in [2.45, 2.75) is 50.7 Å². The monoisotopic (exact) mass is 689 g/mol. The molecule has 0 spiro atoms. The second-order valence-corrected chi connectivity index (χ2v) is 12.3. The number of carbonyl (C=O) groups excluding carboxylic acids is 6. The van der Waals surface area contributed by atoms with Crippen molar-refractivity contribution < 1.29 is 33.5 Å². The Morgan fingerprint density at radius 1 is 0.880 bits per heavy atom. The Bertz CT molecular complexity index is 1520. The van der Waals surface area contributed by atoms with Gasteiger partial charge in [-0.05, 0) is 36.0 Å². The van der Waals surface area contributed by atoms with Crippen molar-refractivity contribution >= 4 is 35.4 Å². The lowest BCUT2D eigenvalue weighted by Gasteiger charge is -2.32. The fourth-order valence-electron chi connectivity index (χ4n) is 5.84. The van der Waals surface area contributed by atoms with E-state index in [2.05, 4.69) is 26.6 Å². The van der Waals surface area contributed by atoms with E-state index in [1.807, 2.05) is 30.3 Å². The van der Waals surface area contributed by atoms with E-state index in [0.717, 1.165) is 17.7 Å². The number of nitrogens with zero attached hydrogens (tertiary/aromatic N) is 1. The van der Waals surface area contributed by atoms with Crippen LogP contribution in [0, 0.1) is 5.92 Å². The zero-order valence-corrected chi connectivity index (χ0v) is 28.2. The molecule has 4 rings (SSSR count). The van der Waals surface area contributed by atoms with Gasteiger partial charge in [-0.15, -0.1) is 0 Å². The van der Waals surface area contributed by atoms with E-state index in [1.54, 1.807) is 24.3 Å². The Balaban J connectivity index is 1.55. The maximum atomic E-state index is 13.6. The molecule has 3 atom stereocenters. The number of hydrogen-bond donors (Lipinski definition) is 6. The minimum atomic E-state index is -0.972. The molecule has 14 heteroatoms. The lowest BCUT2D eigenvalue weighted by Crippen LogP contribution is -2.52. The van der Waals surface area contributed by atoms with Crippen molar-refractivity contribution in [3.63, 3.8) is 0 Å². The first kappa shape index (κ1) is 37.7. The smallest absolute Gasteiger partial charge is 0.246 e. The number of benzene rings is 2. The van der Waals surface area contributed by atoms with Crippen LogP contribution in [0.2, 0.25) is 0 Å². The summed E-state index contributed by atoms with van der Waals surface area (Å²) in [6.07, 6.45) is 3.65. The van der Waals surface area contributed by atoms with Crippen LogP contribution in [-0.2, 0) is 52.9 Å². The summed E-state index contributed by atoms with van der Waals surface area (Å²) in [5.41, 5.74) is 7.64. The van der Waals surface area contributed by atoms with E-state index in [4.69, 9.17) is 10.5 Å². The van der Waals surface area contributed by atoms with Crippen LogP contribution >= 0.6 is 0 Å². The summed E-state index contributed by atoms with van der Waals surface area (Å²) in [4.78, 5) is 80.5. The number of rotatable bonds is 8. The van der Waals surface area contributed by atoms with Crippen molar-refractivity contribution in [1.82, 2.24) is 31.5 Å². The molecule has 6 amide bonds. The molecule has 7 N–H and O–H groups in total. The fraction of sp³-hybridized carbons (Fsp3) is 0.444. The summed E-state index contributed by atoms with van der Waals surface area (Å²) in [5, 5.41) is 14.0. The molecule has 2 aromatic rings. The molecule has 1 saturated heterocycles. The number of ether oxygens (including phenoxy) is 1. The van der Waals surface area contributed by atoms with Gasteiger partial charge in [0.25, 0.3) is 0 Å². The van der Waals surface area contributed by atoms with Gasteiger partial charge >= 0.3 is 0 Å². The van der Waals surface area contributed by atoms with Crippen molar-refractivity contribution in [3.8, 4) is 0 Å². The average Bonchev–Trinajstić information content (AvgIpc) is 3.12. The van der Waals surface area contributed by atoms with Crippen LogP contribution in [-0.4, -0.2) is 98.4 Å². The molecule has 0 aliphatic carbocycles. The van der Waals surface area contributed by atoms with E-state index >= 15 is 0 Å². The third-order valence-corrected chi connectivity index (χ3v) is 8.51. The van der Waals surface area contributed by atoms with Crippen LogP contribution in [0.1, 0.15) is 36.0 Å². The molecule has 2 aromatic carbocycles. The summed E-state index contributed by atoms with van der Waals surface area (Å²) in [6, 6.07) is 14.6. The van der Waals surface area contributed by atoms with Gasteiger partial charge in [-0.2, -0.15) is 0 Å². The van der Waals surface area contributed by atoms with E-state index in [-0.39, 0.29) is 58.0 Å². The molecule has 50 heavy (non-hydrogen) atoms. The van der Waals surface area contributed by atoms with Crippen LogP contribution in [0.5, 0.6) is 0 Å². The number of nitrogens with one attached hydrogen (secondary N) is 5. The molecule has 0 radical (unpaired) electrons. The molecule has 2 aliphatic rings. The minimum Gasteiger partial charge on any atom is -0.378 e. The first-order valence-electron chi connectivity index (χ1n) is 17.0. The number of amides is 6. The molecule has 2 bridgehead atoms. The molecule has 2 aliphatic heterocycles. The Labute approximate surface area is 291 Å². The van der Waals surface area contributed by atoms with Gasteiger partial charge in [0, 0.05) is 57.8 Å². The van der Waals surface area contributed by atoms with Gasteiger partial charge in [0.1, 0.15) is 12.1 Å². The molecule has 2 heterocycles. The molecular weight excluding hydrogens is 642 g/mol. The van der Waals surface area contributed by atoms with Gasteiger partial charge in [-0.25, -0.2) is 0 Å². The number of carbonyl (C=O) groups is 6. The van der Waals surface area contributed by atoms with Crippen LogP contribution in [0.15, 0.2) is 66.7 Å². The Morgan fingerprint density at radius 2 is 1.64 bits per heavy atom. The molecule has 0 saturated carbocycles. The van der Waals surface area contributed by atoms with Crippen LogP contribution < -0.4 is 32.3 Å². The van der Waals surface area contributed by atoms with Gasteiger partial charge in [0.15, 0.2) is 0 Å². The largest absolute Gasteiger partial charge is 0.378 e. The molecule has 268 valence electrons. The van der Waals surface area contributed by atoms with Gasteiger partial charge in [0.2, 0.25) is 35.4 Å². The van der Waals surface area contributed by atoms with Crippen molar-refractivity contribution in [1.29, 1.82) is 0 Å². The second-order valence-electron chi connectivity index (χ2n) is 12.3. The lowest BCUT2D eigenvalue weighted by atomic mass is 9.95. The second kappa shape index (κ2) is 19.8. The highest BCUT2D eigenvalue weighted by atomic mass is 16.5. The molecule has 0 aromatic heterocycles.